The maximum atomic E-state index is 3.84. The van der Waals surface area contributed by atoms with Gasteiger partial charge >= 0.3 is 0 Å². The number of aryl methyl sites for hydroxylation is 1. The van der Waals surface area contributed by atoms with Gasteiger partial charge in [0.05, 0.1) is 6.04 Å². The molecule has 0 bridgehead atoms. The van der Waals surface area contributed by atoms with Gasteiger partial charge in [-0.25, -0.2) is 0 Å². The van der Waals surface area contributed by atoms with Gasteiger partial charge in [-0.05, 0) is 30.9 Å². The van der Waals surface area contributed by atoms with Gasteiger partial charge in [0.15, 0.2) is 0 Å². The summed E-state index contributed by atoms with van der Waals surface area (Å²) in [6.07, 6.45) is 7.20. The number of hydrogen-bond acceptors (Lipinski definition) is 1. The van der Waals surface area contributed by atoms with Crippen LogP contribution in [0.5, 0.6) is 0 Å². The van der Waals surface area contributed by atoms with E-state index >= 15 is 0 Å². The van der Waals surface area contributed by atoms with Crippen LogP contribution in [0.1, 0.15) is 18.4 Å². The molecule has 0 spiro atoms. The predicted molar refractivity (Wildman–Crippen MR) is 70.4 cm³/mol. The Kier molecular flexibility index (Phi) is 3.45. The van der Waals surface area contributed by atoms with E-state index in [2.05, 4.69) is 42.3 Å². The highest BCUT2D eigenvalue weighted by Crippen LogP contribution is 2.35. The fourth-order valence-electron chi connectivity index (χ4n) is 2.31. The third-order valence-electron chi connectivity index (χ3n) is 3.04. The standard InChI is InChI=1S/C15H18N/c1-3-7-14-11-10-13-8-5-6-9-15(13)16(14)12-4-2/h3-6,8-9H,1-2,7,10-12H2. The molecule has 1 heterocycles. The van der Waals surface area contributed by atoms with E-state index in [9.17, 15) is 0 Å². The van der Waals surface area contributed by atoms with Gasteiger partial charge in [-0.15, -0.1) is 13.2 Å². The molecule has 0 unspecified atom stereocenters. The summed E-state index contributed by atoms with van der Waals surface area (Å²) in [4.78, 5) is 2.37. The Morgan fingerprint density at radius 3 is 2.69 bits per heavy atom. The van der Waals surface area contributed by atoms with Crippen molar-refractivity contribution in [2.75, 3.05) is 11.4 Å². The van der Waals surface area contributed by atoms with Crippen molar-refractivity contribution in [1.29, 1.82) is 0 Å². The SMILES string of the molecule is C=CC[C]1CCc2ccccc2N1CC=C. The maximum Gasteiger partial charge on any atom is 0.0677 e. The monoisotopic (exact) mass is 212 g/mol. The Balaban J connectivity index is 2.30. The fraction of sp³-hybridized carbons (Fsp3) is 0.267. The average Bonchev–Trinajstić information content (AvgIpc) is 2.32. The van der Waals surface area contributed by atoms with E-state index in [0.717, 1.165) is 25.8 Å². The number of para-hydroxylation sites is 1. The van der Waals surface area contributed by atoms with Crippen LogP contribution in [0.3, 0.4) is 0 Å². The zero-order valence-corrected chi connectivity index (χ0v) is 9.65. The van der Waals surface area contributed by atoms with Crippen LogP contribution >= 0.6 is 0 Å². The quantitative estimate of drug-likeness (QED) is 0.687. The molecule has 16 heavy (non-hydrogen) atoms. The Hall–Kier alpha value is -1.50. The van der Waals surface area contributed by atoms with Gasteiger partial charge in [-0.3, -0.25) is 0 Å². The molecule has 83 valence electrons. The second kappa shape index (κ2) is 5.02. The van der Waals surface area contributed by atoms with Crippen molar-refractivity contribution in [3.63, 3.8) is 0 Å². The lowest BCUT2D eigenvalue weighted by Crippen LogP contribution is -2.32. The predicted octanol–water partition coefficient (Wildman–Crippen LogP) is 3.73. The topological polar surface area (TPSA) is 3.24 Å². The molecule has 0 atom stereocenters. The molecule has 1 aliphatic heterocycles. The first kappa shape index (κ1) is 11.0. The fourth-order valence-corrected chi connectivity index (χ4v) is 2.31. The molecular weight excluding hydrogens is 194 g/mol. The van der Waals surface area contributed by atoms with Gasteiger partial charge < -0.3 is 4.90 Å². The van der Waals surface area contributed by atoms with Crippen LogP contribution in [-0.4, -0.2) is 6.54 Å². The zero-order chi connectivity index (χ0) is 11.4. The number of hydrogen-bond donors (Lipinski definition) is 0. The first-order valence-corrected chi connectivity index (χ1v) is 5.78. The molecule has 0 saturated carbocycles. The van der Waals surface area contributed by atoms with Crippen LogP contribution < -0.4 is 4.90 Å². The van der Waals surface area contributed by atoms with E-state index in [4.69, 9.17) is 0 Å². The minimum absolute atomic E-state index is 0.889. The second-order valence-electron chi connectivity index (χ2n) is 4.09. The van der Waals surface area contributed by atoms with Crippen molar-refractivity contribution in [3.8, 4) is 0 Å². The van der Waals surface area contributed by atoms with Crippen LogP contribution in [0.25, 0.3) is 0 Å². The summed E-state index contributed by atoms with van der Waals surface area (Å²) in [7, 11) is 0. The molecular formula is C15H18N. The molecule has 2 rings (SSSR count). The van der Waals surface area contributed by atoms with Gasteiger partial charge in [0.1, 0.15) is 0 Å². The van der Waals surface area contributed by atoms with Crippen LogP contribution in [-0.2, 0) is 6.42 Å². The van der Waals surface area contributed by atoms with Crippen molar-refractivity contribution >= 4 is 5.69 Å². The van der Waals surface area contributed by atoms with Crippen molar-refractivity contribution in [3.05, 3.63) is 61.2 Å². The molecule has 1 aliphatic rings. The van der Waals surface area contributed by atoms with E-state index in [0.29, 0.717) is 0 Å². The summed E-state index contributed by atoms with van der Waals surface area (Å²) in [5.74, 6) is 0. The summed E-state index contributed by atoms with van der Waals surface area (Å²) >= 11 is 0. The number of benzene rings is 1. The third kappa shape index (κ3) is 2.04. The third-order valence-corrected chi connectivity index (χ3v) is 3.04. The van der Waals surface area contributed by atoms with Crippen molar-refractivity contribution in [2.45, 2.75) is 19.3 Å². The van der Waals surface area contributed by atoms with Gasteiger partial charge in [-0.2, -0.15) is 0 Å². The van der Waals surface area contributed by atoms with E-state index in [1.165, 1.54) is 17.3 Å². The van der Waals surface area contributed by atoms with Crippen LogP contribution in [0.2, 0.25) is 0 Å². The van der Waals surface area contributed by atoms with E-state index in [-0.39, 0.29) is 0 Å². The molecule has 0 saturated heterocycles. The van der Waals surface area contributed by atoms with Gasteiger partial charge in [-0.1, -0.05) is 30.4 Å². The lowest BCUT2D eigenvalue weighted by Gasteiger charge is -2.37. The Morgan fingerprint density at radius 2 is 1.94 bits per heavy atom. The average molecular weight is 212 g/mol. The first-order chi connectivity index (χ1) is 7.86. The number of rotatable bonds is 4. The number of nitrogens with zero attached hydrogens (tertiary/aromatic N) is 1. The molecule has 1 radical (unpaired) electrons. The Morgan fingerprint density at radius 1 is 1.12 bits per heavy atom. The summed E-state index contributed by atoms with van der Waals surface area (Å²) in [6.45, 7) is 8.56. The van der Waals surface area contributed by atoms with Crippen molar-refractivity contribution in [2.24, 2.45) is 0 Å². The molecule has 0 aromatic heterocycles. The summed E-state index contributed by atoms with van der Waals surface area (Å²) < 4.78 is 0. The van der Waals surface area contributed by atoms with Crippen LogP contribution in [0.15, 0.2) is 49.6 Å². The maximum absolute atomic E-state index is 3.84. The molecule has 0 fully saturated rings. The van der Waals surface area contributed by atoms with E-state index in [1.807, 2.05) is 12.2 Å². The number of anilines is 1. The van der Waals surface area contributed by atoms with Crippen molar-refractivity contribution < 1.29 is 0 Å². The summed E-state index contributed by atoms with van der Waals surface area (Å²) in [5, 5.41) is 0. The van der Waals surface area contributed by atoms with Crippen molar-refractivity contribution in [1.82, 2.24) is 0 Å². The molecule has 1 heteroatoms. The normalized spacial score (nSPS) is 15.6. The first-order valence-electron chi connectivity index (χ1n) is 5.78. The molecule has 0 N–H and O–H groups in total. The van der Waals surface area contributed by atoms with Gasteiger partial charge in [0.25, 0.3) is 0 Å². The molecule has 1 aromatic carbocycles. The zero-order valence-electron chi connectivity index (χ0n) is 9.65. The summed E-state index contributed by atoms with van der Waals surface area (Å²) in [5.41, 5.74) is 2.78. The molecule has 1 nitrogen and oxygen atoms in total. The highest BCUT2D eigenvalue weighted by atomic mass is 15.2. The van der Waals surface area contributed by atoms with Gasteiger partial charge in [0.2, 0.25) is 0 Å². The smallest absolute Gasteiger partial charge is 0.0677 e. The second-order valence-corrected chi connectivity index (χ2v) is 4.09. The molecule has 0 aliphatic carbocycles. The Bertz CT molecular complexity index is 381. The lowest BCUT2D eigenvalue weighted by molar-refractivity contribution is 0.677. The molecule has 1 aromatic rings. The number of fused-ring (bicyclic) bond motifs is 1. The molecule has 0 amide bonds. The van der Waals surface area contributed by atoms with E-state index < -0.39 is 0 Å². The Labute approximate surface area is 98.1 Å². The highest BCUT2D eigenvalue weighted by molar-refractivity contribution is 5.59. The van der Waals surface area contributed by atoms with Crippen LogP contribution in [0, 0.1) is 6.04 Å². The largest absolute Gasteiger partial charge is 0.359 e. The minimum Gasteiger partial charge on any atom is -0.359 e. The van der Waals surface area contributed by atoms with E-state index in [1.54, 1.807) is 0 Å². The highest BCUT2D eigenvalue weighted by Gasteiger charge is 2.24. The van der Waals surface area contributed by atoms with Crippen LogP contribution in [0.4, 0.5) is 5.69 Å². The minimum atomic E-state index is 0.889. The lowest BCUT2D eigenvalue weighted by atomic mass is 9.94. The summed E-state index contributed by atoms with van der Waals surface area (Å²) in [6, 6.07) is 10.1. The van der Waals surface area contributed by atoms with Gasteiger partial charge in [0, 0.05) is 12.2 Å².